The normalized spacial score (nSPS) is 13.1. The van der Waals surface area contributed by atoms with Gasteiger partial charge in [0.25, 0.3) is 0 Å². The molecule has 1 aromatic carbocycles. The smallest absolute Gasteiger partial charge is 0.130 e. The van der Waals surface area contributed by atoms with Gasteiger partial charge in [0.15, 0.2) is 0 Å². The Hall–Kier alpha value is -1.44. The first-order valence-electron chi connectivity index (χ1n) is 5.09. The Bertz CT molecular complexity index is 391. The van der Waals surface area contributed by atoms with Crippen molar-refractivity contribution in [2.24, 2.45) is 4.99 Å². The van der Waals surface area contributed by atoms with Gasteiger partial charge < -0.3 is 0 Å². The van der Waals surface area contributed by atoms with Gasteiger partial charge in [0, 0.05) is 17.8 Å². The van der Waals surface area contributed by atoms with Crippen molar-refractivity contribution in [2.75, 3.05) is 6.54 Å². The van der Waals surface area contributed by atoms with E-state index in [0.717, 1.165) is 17.8 Å². The Balaban J connectivity index is 2.99. The highest BCUT2D eigenvalue weighted by Gasteiger charge is 2.02. The van der Waals surface area contributed by atoms with Crippen LogP contribution in [0, 0.1) is 5.82 Å². The molecule has 1 aromatic rings. The molecule has 0 spiro atoms. The molecule has 1 nitrogen and oxygen atoms in total. The van der Waals surface area contributed by atoms with Crippen LogP contribution >= 0.6 is 0 Å². The minimum atomic E-state index is -0.185. The van der Waals surface area contributed by atoms with Gasteiger partial charge in [-0.15, -0.1) is 0 Å². The van der Waals surface area contributed by atoms with Gasteiger partial charge in [-0.25, -0.2) is 4.39 Å². The highest BCUT2D eigenvalue weighted by Crippen LogP contribution is 2.17. The summed E-state index contributed by atoms with van der Waals surface area (Å²) >= 11 is 0. The molecule has 0 saturated heterocycles. The van der Waals surface area contributed by atoms with Crippen LogP contribution in [0.3, 0.4) is 0 Å². The van der Waals surface area contributed by atoms with Gasteiger partial charge in [-0.2, -0.15) is 0 Å². The maximum Gasteiger partial charge on any atom is 0.130 e. The highest BCUT2D eigenvalue weighted by atomic mass is 19.1. The van der Waals surface area contributed by atoms with Crippen LogP contribution in [0.5, 0.6) is 0 Å². The zero-order chi connectivity index (χ0) is 11.3. The lowest BCUT2D eigenvalue weighted by atomic mass is 10.1. The molecule has 0 aliphatic heterocycles. The fraction of sp³-hybridized carbons (Fsp3) is 0.308. The van der Waals surface area contributed by atoms with Crippen LogP contribution in [-0.2, 0) is 0 Å². The second-order valence-corrected chi connectivity index (χ2v) is 3.42. The molecule has 0 aliphatic carbocycles. The largest absolute Gasteiger partial charge is 0.290 e. The SMILES string of the molecule is CCN=C(C)/C=C(\C)c1ccccc1F. The van der Waals surface area contributed by atoms with E-state index in [-0.39, 0.29) is 5.82 Å². The van der Waals surface area contributed by atoms with E-state index in [1.54, 1.807) is 12.1 Å². The van der Waals surface area contributed by atoms with Gasteiger partial charge in [-0.1, -0.05) is 18.2 Å². The zero-order valence-electron chi connectivity index (χ0n) is 9.42. The Labute approximate surface area is 90.4 Å². The van der Waals surface area contributed by atoms with Gasteiger partial charge in [-0.3, -0.25) is 4.99 Å². The third kappa shape index (κ3) is 3.31. The Morgan fingerprint density at radius 3 is 2.60 bits per heavy atom. The molecule has 15 heavy (non-hydrogen) atoms. The van der Waals surface area contributed by atoms with Gasteiger partial charge in [0.1, 0.15) is 5.82 Å². The standard InChI is InChI=1S/C13H16FN/c1-4-15-11(3)9-10(2)12-7-5-6-8-13(12)14/h5-9H,4H2,1-3H3/b10-9+,15-11?. The highest BCUT2D eigenvalue weighted by molar-refractivity contribution is 5.98. The number of aliphatic imine (C=N–C) groups is 1. The lowest BCUT2D eigenvalue weighted by Gasteiger charge is -2.02. The van der Waals surface area contributed by atoms with Crippen molar-refractivity contribution >= 4 is 11.3 Å². The summed E-state index contributed by atoms with van der Waals surface area (Å²) in [5.41, 5.74) is 2.48. The second kappa shape index (κ2) is 5.44. The molecule has 0 aromatic heterocycles. The molecule has 0 unspecified atom stereocenters. The predicted molar refractivity (Wildman–Crippen MR) is 63.7 cm³/mol. The fourth-order valence-electron chi connectivity index (χ4n) is 1.47. The van der Waals surface area contributed by atoms with Gasteiger partial charge in [-0.05, 0) is 38.5 Å². The molecule has 1 rings (SSSR count). The maximum absolute atomic E-state index is 13.4. The summed E-state index contributed by atoms with van der Waals surface area (Å²) in [6.07, 6.45) is 1.90. The first-order chi connectivity index (χ1) is 7.15. The van der Waals surface area contributed by atoms with Crippen molar-refractivity contribution in [2.45, 2.75) is 20.8 Å². The minimum absolute atomic E-state index is 0.185. The fourth-order valence-corrected chi connectivity index (χ4v) is 1.47. The van der Waals surface area contributed by atoms with E-state index < -0.39 is 0 Å². The maximum atomic E-state index is 13.4. The summed E-state index contributed by atoms with van der Waals surface area (Å²) in [6, 6.07) is 6.78. The van der Waals surface area contributed by atoms with Crippen LogP contribution in [0.4, 0.5) is 4.39 Å². The first-order valence-corrected chi connectivity index (χ1v) is 5.09. The molecule has 0 heterocycles. The van der Waals surface area contributed by atoms with Gasteiger partial charge >= 0.3 is 0 Å². The summed E-state index contributed by atoms with van der Waals surface area (Å²) in [7, 11) is 0. The quantitative estimate of drug-likeness (QED) is 0.667. The molecule has 0 amide bonds. The first kappa shape index (κ1) is 11.6. The van der Waals surface area contributed by atoms with Crippen molar-refractivity contribution in [3.63, 3.8) is 0 Å². The molecule has 2 heteroatoms. The van der Waals surface area contributed by atoms with Crippen LogP contribution in [0.15, 0.2) is 35.3 Å². The lowest BCUT2D eigenvalue weighted by Crippen LogP contribution is -1.91. The average Bonchev–Trinajstić information content (AvgIpc) is 2.18. The summed E-state index contributed by atoms with van der Waals surface area (Å²) in [5.74, 6) is -0.185. The average molecular weight is 205 g/mol. The van der Waals surface area contributed by atoms with E-state index in [1.165, 1.54) is 6.07 Å². The minimum Gasteiger partial charge on any atom is -0.290 e. The number of allylic oxidation sites excluding steroid dienone is 2. The van der Waals surface area contributed by atoms with Gasteiger partial charge in [0.05, 0.1) is 0 Å². The summed E-state index contributed by atoms with van der Waals surface area (Å²) in [6.45, 7) is 6.56. The van der Waals surface area contributed by atoms with Crippen molar-refractivity contribution in [3.8, 4) is 0 Å². The number of halogens is 1. The molecule has 0 bridgehead atoms. The molecule has 0 saturated carbocycles. The van der Waals surface area contributed by atoms with Crippen LogP contribution in [-0.4, -0.2) is 12.3 Å². The topological polar surface area (TPSA) is 12.4 Å². The zero-order valence-corrected chi connectivity index (χ0v) is 9.42. The number of hydrogen-bond donors (Lipinski definition) is 0. The van der Waals surface area contributed by atoms with Crippen molar-refractivity contribution in [1.82, 2.24) is 0 Å². The van der Waals surface area contributed by atoms with Crippen molar-refractivity contribution < 1.29 is 4.39 Å². The molecule has 0 aliphatic rings. The van der Waals surface area contributed by atoms with Gasteiger partial charge in [0.2, 0.25) is 0 Å². The van der Waals surface area contributed by atoms with Crippen LogP contribution in [0.2, 0.25) is 0 Å². The van der Waals surface area contributed by atoms with E-state index in [4.69, 9.17) is 0 Å². The lowest BCUT2D eigenvalue weighted by molar-refractivity contribution is 0.624. The van der Waals surface area contributed by atoms with Crippen LogP contribution < -0.4 is 0 Å². The third-order valence-corrected chi connectivity index (χ3v) is 2.13. The number of rotatable bonds is 3. The molecule has 80 valence electrons. The third-order valence-electron chi connectivity index (χ3n) is 2.13. The van der Waals surface area contributed by atoms with E-state index in [1.807, 2.05) is 32.9 Å². The van der Waals surface area contributed by atoms with E-state index in [9.17, 15) is 4.39 Å². The second-order valence-electron chi connectivity index (χ2n) is 3.42. The number of hydrogen-bond acceptors (Lipinski definition) is 1. The van der Waals surface area contributed by atoms with Crippen molar-refractivity contribution in [3.05, 3.63) is 41.7 Å². The number of benzene rings is 1. The Morgan fingerprint density at radius 1 is 1.33 bits per heavy atom. The summed E-state index contributed by atoms with van der Waals surface area (Å²) in [5, 5.41) is 0. The molecular weight excluding hydrogens is 189 g/mol. The van der Waals surface area contributed by atoms with Crippen LogP contribution in [0.25, 0.3) is 5.57 Å². The monoisotopic (exact) mass is 205 g/mol. The molecular formula is C13H16FN. The molecule has 0 radical (unpaired) electrons. The van der Waals surface area contributed by atoms with Crippen LogP contribution in [0.1, 0.15) is 26.3 Å². The Kier molecular flexibility index (Phi) is 4.22. The molecule has 0 atom stereocenters. The Morgan fingerprint density at radius 2 is 2.00 bits per heavy atom. The van der Waals surface area contributed by atoms with Crippen molar-refractivity contribution in [1.29, 1.82) is 0 Å². The number of nitrogens with zero attached hydrogens (tertiary/aromatic N) is 1. The molecule has 0 N–H and O–H groups in total. The summed E-state index contributed by atoms with van der Waals surface area (Å²) < 4.78 is 13.4. The van der Waals surface area contributed by atoms with E-state index >= 15 is 0 Å². The van der Waals surface area contributed by atoms with E-state index in [2.05, 4.69) is 4.99 Å². The summed E-state index contributed by atoms with van der Waals surface area (Å²) in [4.78, 5) is 4.24. The van der Waals surface area contributed by atoms with E-state index in [0.29, 0.717) is 5.56 Å². The molecule has 0 fully saturated rings. The predicted octanol–water partition coefficient (Wildman–Crippen LogP) is 3.71.